The van der Waals surface area contributed by atoms with Gasteiger partial charge in [0.05, 0.1) is 5.69 Å². The van der Waals surface area contributed by atoms with Gasteiger partial charge in [-0.05, 0) is 58.4 Å². The molecule has 0 bridgehead atoms. The van der Waals surface area contributed by atoms with Crippen LogP contribution in [0.3, 0.4) is 0 Å². The first-order valence-electron chi connectivity index (χ1n) is 8.13. The van der Waals surface area contributed by atoms with E-state index in [0.717, 1.165) is 19.1 Å². The molecule has 3 heteroatoms. The fourth-order valence-electron chi connectivity index (χ4n) is 3.71. The second-order valence-electron chi connectivity index (χ2n) is 6.20. The van der Waals surface area contributed by atoms with Crippen molar-refractivity contribution in [1.82, 2.24) is 14.9 Å². The molecule has 3 nitrogen and oxygen atoms in total. The van der Waals surface area contributed by atoms with Crippen molar-refractivity contribution in [3.05, 3.63) is 17.2 Å². The van der Waals surface area contributed by atoms with Gasteiger partial charge in [0.1, 0.15) is 5.82 Å². The van der Waals surface area contributed by atoms with E-state index in [9.17, 15) is 0 Å². The van der Waals surface area contributed by atoms with Gasteiger partial charge in [-0.15, -0.1) is 0 Å². The summed E-state index contributed by atoms with van der Waals surface area (Å²) in [5.74, 6) is 1.23. The summed E-state index contributed by atoms with van der Waals surface area (Å²) in [7, 11) is 0. The summed E-state index contributed by atoms with van der Waals surface area (Å²) in [5.41, 5.74) is 2.91. The zero-order valence-corrected chi connectivity index (χ0v) is 12.2. The van der Waals surface area contributed by atoms with Gasteiger partial charge in [0.25, 0.3) is 0 Å². The van der Waals surface area contributed by atoms with Gasteiger partial charge in [0, 0.05) is 18.3 Å². The number of aryl methyl sites for hydroxylation is 2. The fourth-order valence-corrected chi connectivity index (χ4v) is 3.71. The predicted molar refractivity (Wildman–Crippen MR) is 78.5 cm³/mol. The molecule has 2 aliphatic rings. The lowest BCUT2D eigenvalue weighted by atomic mass is 10.0. The minimum Gasteiger partial charge on any atom is -0.332 e. The Labute approximate surface area is 116 Å². The summed E-state index contributed by atoms with van der Waals surface area (Å²) < 4.78 is 2.48. The van der Waals surface area contributed by atoms with Crippen molar-refractivity contribution in [2.45, 2.75) is 77.3 Å². The maximum Gasteiger partial charge on any atom is 0.106 e. The van der Waals surface area contributed by atoms with Crippen LogP contribution in [0.15, 0.2) is 0 Å². The Hall–Kier alpha value is -0.830. The topological polar surface area (TPSA) is 29.9 Å². The molecule has 1 heterocycles. The van der Waals surface area contributed by atoms with E-state index < -0.39 is 0 Å². The van der Waals surface area contributed by atoms with E-state index in [1.165, 1.54) is 75.0 Å². The molecule has 1 saturated carbocycles. The van der Waals surface area contributed by atoms with Gasteiger partial charge in [-0.25, -0.2) is 4.98 Å². The highest BCUT2D eigenvalue weighted by Gasteiger charge is 2.18. The molecule has 106 valence electrons. The monoisotopic (exact) mass is 261 g/mol. The maximum absolute atomic E-state index is 4.75. The zero-order valence-electron chi connectivity index (χ0n) is 12.2. The molecule has 3 rings (SSSR count). The van der Waals surface area contributed by atoms with Crippen molar-refractivity contribution in [3.63, 3.8) is 0 Å². The van der Waals surface area contributed by atoms with Gasteiger partial charge in [-0.3, -0.25) is 0 Å². The van der Waals surface area contributed by atoms with Gasteiger partial charge >= 0.3 is 0 Å². The molecule has 1 fully saturated rings. The van der Waals surface area contributed by atoms with Crippen LogP contribution in [-0.2, 0) is 19.4 Å². The average Bonchev–Trinajstić information content (AvgIpc) is 3.02. The molecule has 0 spiro atoms. The summed E-state index contributed by atoms with van der Waals surface area (Å²) in [4.78, 5) is 4.75. The molecule has 0 unspecified atom stereocenters. The van der Waals surface area contributed by atoms with E-state index in [1.807, 2.05) is 0 Å². The first-order valence-corrected chi connectivity index (χ1v) is 8.13. The number of hydrogen-bond acceptors (Lipinski definition) is 2. The third-order valence-electron chi connectivity index (χ3n) is 4.77. The van der Waals surface area contributed by atoms with Crippen molar-refractivity contribution in [2.24, 2.45) is 0 Å². The van der Waals surface area contributed by atoms with Gasteiger partial charge in [0.15, 0.2) is 0 Å². The Bertz CT molecular complexity index is 416. The molecule has 0 radical (unpaired) electrons. The van der Waals surface area contributed by atoms with E-state index in [-0.39, 0.29) is 0 Å². The van der Waals surface area contributed by atoms with Gasteiger partial charge in [0.2, 0.25) is 0 Å². The lowest BCUT2D eigenvalue weighted by Crippen LogP contribution is -2.27. The third kappa shape index (κ3) is 3.02. The van der Waals surface area contributed by atoms with Gasteiger partial charge < -0.3 is 9.88 Å². The molecular formula is C16H27N3. The van der Waals surface area contributed by atoms with Crippen molar-refractivity contribution in [3.8, 4) is 0 Å². The number of nitrogens with one attached hydrogen (secondary N) is 1. The quantitative estimate of drug-likeness (QED) is 0.826. The molecule has 0 amide bonds. The van der Waals surface area contributed by atoms with Crippen LogP contribution in [0, 0.1) is 6.92 Å². The average molecular weight is 261 g/mol. The second-order valence-corrected chi connectivity index (χ2v) is 6.20. The molecule has 1 aromatic heterocycles. The van der Waals surface area contributed by atoms with Crippen LogP contribution in [0.25, 0.3) is 0 Å². The Morgan fingerprint density at radius 1 is 1.16 bits per heavy atom. The van der Waals surface area contributed by atoms with Crippen molar-refractivity contribution < 1.29 is 0 Å². The zero-order chi connectivity index (χ0) is 13.1. The molecule has 1 N–H and O–H groups in total. The smallest absolute Gasteiger partial charge is 0.106 e. The minimum atomic E-state index is 0.804. The number of aromatic nitrogens is 2. The number of hydrogen-bond donors (Lipinski definition) is 1. The van der Waals surface area contributed by atoms with Crippen LogP contribution in [-0.4, -0.2) is 22.1 Å². The highest BCUT2D eigenvalue weighted by Crippen LogP contribution is 2.22. The first-order chi connectivity index (χ1) is 9.34. The predicted octanol–water partition coefficient (Wildman–Crippen LogP) is 2.99. The van der Waals surface area contributed by atoms with Gasteiger partial charge in [-0.2, -0.15) is 0 Å². The second kappa shape index (κ2) is 6.08. The lowest BCUT2D eigenvalue weighted by molar-refractivity contribution is 0.486. The van der Waals surface area contributed by atoms with Crippen molar-refractivity contribution in [1.29, 1.82) is 0 Å². The molecule has 19 heavy (non-hydrogen) atoms. The standard InChI is InChI=1S/C16H27N3/c1-13-18-15-9-4-5-10-16(15)19(13)12-6-11-17-14-7-2-3-8-14/h14,17H,2-12H2,1H3. The van der Waals surface area contributed by atoms with E-state index in [4.69, 9.17) is 4.98 Å². The lowest BCUT2D eigenvalue weighted by Gasteiger charge is -2.16. The SMILES string of the molecule is Cc1nc2c(n1CCCNC1CCCC1)CCCC2. The van der Waals surface area contributed by atoms with E-state index >= 15 is 0 Å². The molecule has 0 aromatic carbocycles. The van der Waals surface area contributed by atoms with E-state index in [1.54, 1.807) is 0 Å². The summed E-state index contributed by atoms with van der Waals surface area (Å²) >= 11 is 0. The summed E-state index contributed by atoms with van der Waals surface area (Å²) in [5, 5.41) is 3.71. The Kier molecular flexibility index (Phi) is 4.21. The third-order valence-corrected chi connectivity index (χ3v) is 4.77. The van der Waals surface area contributed by atoms with Crippen molar-refractivity contribution in [2.75, 3.05) is 6.54 Å². The summed E-state index contributed by atoms with van der Waals surface area (Å²) in [6.07, 6.45) is 12.0. The van der Waals surface area contributed by atoms with E-state index in [2.05, 4.69) is 16.8 Å². The van der Waals surface area contributed by atoms with Crippen LogP contribution in [0.4, 0.5) is 0 Å². The normalized spacial score (nSPS) is 19.8. The first kappa shape index (κ1) is 13.2. The largest absolute Gasteiger partial charge is 0.332 e. The van der Waals surface area contributed by atoms with Gasteiger partial charge in [-0.1, -0.05) is 12.8 Å². The van der Waals surface area contributed by atoms with E-state index in [0.29, 0.717) is 0 Å². The van der Waals surface area contributed by atoms with Crippen LogP contribution < -0.4 is 5.32 Å². The van der Waals surface area contributed by atoms with Crippen LogP contribution in [0.2, 0.25) is 0 Å². The molecule has 0 atom stereocenters. The van der Waals surface area contributed by atoms with Crippen molar-refractivity contribution >= 4 is 0 Å². The van der Waals surface area contributed by atoms with Crippen LogP contribution in [0.1, 0.15) is 62.2 Å². The fraction of sp³-hybridized carbons (Fsp3) is 0.812. The molecule has 1 aromatic rings. The van der Waals surface area contributed by atoms with Crippen LogP contribution in [0.5, 0.6) is 0 Å². The summed E-state index contributed by atoms with van der Waals surface area (Å²) in [6, 6.07) is 0.804. The molecule has 0 saturated heterocycles. The molecular weight excluding hydrogens is 234 g/mol. The highest BCUT2D eigenvalue weighted by molar-refractivity contribution is 5.19. The summed E-state index contributed by atoms with van der Waals surface area (Å²) in [6.45, 7) is 4.48. The number of imidazole rings is 1. The number of rotatable bonds is 5. The van der Waals surface area contributed by atoms with Crippen LogP contribution >= 0.6 is 0 Å². The maximum atomic E-state index is 4.75. The number of fused-ring (bicyclic) bond motifs is 1. The number of nitrogens with zero attached hydrogens (tertiary/aromatic N) is 2. The Morgan fingerprint density at radius 3 is 2.79 bits per heavy atom. The Morgan fingerprint density at radius 2 is 1.95 bits per heavy atom. The Balaban J connectivity index is 1.50. The highest BCUT2D eigenvalue weighted by atomic mass is 15.1. The molecule has 0 aliphatic heterocycles. The molecule has 2 aliphatic carbocycles. The minimum absolute atomic E-state index is 0.804.